The Bertz CT molecular complexity index is 936. The van der Waals surface area contributed by atoms with Gasteiger partial charge in [-0.2, -0.15) is 0 Å². The van der Waals surface area contributed by atoms with Gasteiger partial charge in [0, 0.05) is 6.61 Å². The van der Waals surface area contributed by atoms with Crippen LogP contribution in [-0.4, -0.2) is 39.4 Å². The molecule has 0 aromatic heterocycles. The molecule has 0 aliphatic carbocycles. The van der Waals surface area contributed by atoms with Crippen molar-refractivity contribution in [2.75, 3.05) is 24.3 Å². The van der Waals surface area contributed by atoms with Gasteiger partial charge in [-0.1, -0.05) is 31.2 Å². The molecule has 1 fully saturated rings. The standard InChI is InChI=1S/C22H27NO5S/c1-2-15-29(25,26)21-13-6-3-10-18(21)22(24)23-19-11-4-5-12-20(19)28-16-17-9-7-8-14-27-17/h3-6,10-13,17H,2,7-9,14-16H2,1H3,(H,23,24). The van der Waals surface area contributed by atoms with Crippen LogP contribution in [-0.2, 0) is 14.6 Å². The average Bonchev–Trinajstić information content (AvgIpc) is 2.74. The molecule has 0 bridgehead atoms. The van der Waals surface area contributed by atoms with E-state index < -0.39 is 15.7 Å². The molecule has 1 saturated heterocycles. The normalized spacial score (nSPS) is 16.9. The maximum absolute atomic E-state index is 12.9. The van der Waals surface area contributed by atoms with E-state index in [4.69, 9.17) is 9.47 Å². The second-order valence-electron chi connectivity index (χ2n) is 7.06. The van der Waals surface area contributed by atoms with E-state index in [0.29, 0.717) is 24.5 Å². The van der Waals surface area contributed by atoms with Crippen molar-refractivity contribution < 1.29 is 22.7 Å². The Morgan fingerprint density at radius 2 is 1.90 bits per heavy atom. The van der Waals surface area contributed by atoms with Gasteiger partial charge in [-0.15, -0.1) is 0 Å². The summed E-state index contributed by atoms with van der Waals surface area (Å²) in [7, 11) is -3.52. The molecule has 7 heteroatoms. The summed E-state index contributed by atoms with van der Waals surface area (Å²) >= 11 is 0. The zero-order chi connectivity index (χ0) is 20.7. The van der Waals surface area contributed by atoms with E-state index in [-0.39, 0.29) is 22.3 Å². The molecule has 3 rings (SSSR count). The van der Waals surface area contributed by atoms with E-state index in [0.717, 1.165) is 25.9 Å². The first-order chi connectivity index (χ1) is 14.0. The van der Waals surface area contributed by atoms with Gasteiger partial charge in [0.15, 0.2) is 9.84 Å². The molecular weight excluding hydrogens is 390 g/mol. The molecule has 29 heavy (non-hydrogen) atoms. The number of carbonyl (C=O) groups excluding carboxylic acids is 1. The first-order valence-electron chi connectivity index (χ1n) is 9.98. The lowest BCUT2D eigenvalue weighted by Gasteiger charge is -2.23. The van der Waals surface area contributed by atoms with Crippen LogP contribution < -0.4 is 10.1 Å². The molecule has 156 valence electrons. The van der Waals surface area contributed by atoms with Crippen LogP contribution in [0.5, 0.6) is 5.75 Å². The zero-order valence-electron chi connectivity index (χ0n) is 16.6. The van der Waals surface area contributed by atoms with Crippen molar-refractivity contribution in [2.24, 2.45) is 0 Å². The molecule has 6 nitrogen and oxygen atoms in total. The number of anilines is 1. The molecule has 2 aromatic rings. The van der Waals surface area contributed by atoms with Gasteiger partial charge in [-0.25, -0.2) is 8.42 Å². The van der Waals surface area contributed by atoms with Crippen LogP contribution in [0.15, 0.2) is 53.4 Å². The molecular formula is C22H27NO5S. The summed E-state index contributed by atoms with van der Waals surface area (Å²) in [6.07, 6.45) is 3.68. The molecule has 1 N–H and O–H groups in total. The molecule has 2 aromatic carbocycles. The number of benzene rings is 2. The first-order valence-corrected chi connectivity index (χ1v) is 11.6. The smallest absolute Gasteiger partial charge is 0.257 e. The summed E-state index contributed by atoms with van der Waals surface area (Å²) in [5, 5.41) is 2.80. The number of amides is 1. The summed E-state index contributed by atoms with van der Waals surface area (Å²) in [4.78, 5) is 12.9. The number of para-hydroxylation sites is 2. The minimum atomic E-state index is -3.52. The number of sulfone groups is 1. The van der Waals surface area contributed by atoms with E-state index in [2.05, 4.69) is 5.32 Å². The molecule has 1 unspecified atom stereocenters. The third kappa shape index (κ3) is 5.58. The van der Waals surface area contributed by atoms with Crippen molar-refractivity contribution in [3.05, 3.63) is 54.1 Å². The fourth-order valence-electron chi connectivity index (χ4n) is 3.31. The maximum Gasteiger partial charge on any atom is 0.257 e. The van der Waals surface area contributed by atoms with E-state index in [9.17, 15) is 13.2 Å². The fourth-order valence-corrected chi connectivity index (χ4v) is 4.85. The van der Waals surface area contributed by atoms with Gasteiger partial charge in [0.1, 0.15) is 12.4 Å². The van der Waals surface area contributed by atoms with Crippen molar-refractivity contribution in [3.8, 4) is 5.75 Å². The van der Waals surface area contributed by atoms with Gasteiger partial charge in [0.25, 0.3) is 5.91 Å². The van der Waals surface area contributed by atoms with Crippen LogP contribution in [0.1, 0.15) is 43.0 Å². The van der Waals surface area contributed by atoms with Gasteiger partial charge in [0.05, 0.1) is 28.0 Å². The van der Waals surface area contributed by atoms with Crippen molar-refractivity contribution in [3.63, 3.8) is 0 Å². The first kappa shape index (κ1) is 21.3. The summed E-state index contributed by atoms with van der Waals surface area (Å²) in [6, 6.07) is 13.4. The lowest BCUT2D eigenvalue weighted by molar-refractivity contribution is -0.0109. The van der Waals surface area contributed by atoms with Gasteiger partial charge in [-0.3, -0.25) is 4.79 Å². The van der Waals surface area contributed by atoms with E-state index in [1.54, 1.807) is 37.3 Å². The summed E-state index contributed by atoms with van der Waals surface area (Å²) in [5.41, 5.74) is 0.627. The highest BCUT2D eigenvalue weighted by Crippen LogP contribution is 2.27. The van der Waals surface area contributed by atoms with E-state index in [1.807, 2.05) is 6.07 Å². The van der Waals surface area contributed by atoms with Crippen LogP contribution in [0.3, 0.4) is 0 Å². The Morgan fingerprint density at radius 3 is 2.66 bits per heavy atom. The highest BCUT2D eigenvalue weighted by atomic mass is 32.2. The van der Waals surface area contributed by atoms with Crippen LogP contribution in [0.4, 0.5) is 5.69 Å². The number of hydrogen-bond donors (Lipinski definition) is 1. The van der Waals surface area contributed by atoms with Crippen molar-refractivity contribution in [2.45, 2.75) is 43.6 Å². The summed E-state index contributed by atoms with van der Waals surface area (Å²) in [5.74, 6) is 0.0485. The Labute approximate surface area is 172 Å². The molecule has 1 atom stereocenters. The van der Waals surface area contributed by atoms with Crippen LogP contribution in [0.25, 0.3) is 0 Å². The van der Waals surface area contributed by atoms with Gasteiger partial charge in [-0.05, 0) is 49.9 Å². The van der Waals surface area contributed by atoms with Crippen LogP contribution >= 0.6 is 0 Å². The summed E-state index contributed by atoms with van der Waals surface area (Å²) < 4.78 is 36.7. The van der Waals surface area contributed by atoms with Gasteiger partial charge >= 0.3 is 0 Å². The van der Waals surface area contributed by atoms with Crippen LogP contribution in [0.2, 0.25) is 0 Å². The van der Waals surface area contributed by atoms with Gasteiger partial charge < -0.3 is 14.8 Å². The number of rotatable bonds is 8. The fraction of sp³-hybridized carbons (Fsp3) is 0.409. The Hall–Kier alpha value is -2.38. The molecule has 1 aliphatic heterocycles. The quantitative estimate of drug-likeness (QED) is 0.700. The Kier molecular flexibility index (Phi) is 7.28. The average molecular weight is 418 g/mol. The third-order valence-electron chi connectivity index (χ3n) is 4.77. The zero-order valence-corrected chi connectivity index (χ0v) is 17.4. The molecule has 1 amide bonds. The molecule has 1 aliphatic rings. The third-order valence-corrected chi connectivity index (χ3v) is 6.75. The molecule has 1 heterocycles. The predicted molar refractivity (Wildman–Crippen MR) is 112 cm³/mol. The second kappa shape index (κ2) is 9.89. The molecule has 0 saturated carbocycles. The SMILES string of the molecule is CCCS(=O)(=O)c1ccccc1C(=O)Nc1ccccc1OCC1CCCCO1. The number of ether oxygens (including phenoxy) is 2. The topological polar surface area (TPSA) is 81.7 Å². The maximum atomic E-state index is 12.9. The number of carbonyl (C=O) groups is 1. The number of nitrogens with one attached hydrogen (secondary N) is 1. The highest BCUT2D eigenvalue weighted by Gasteiger charge is 2.22. The van der Waals surface area contributed by atoms with Crippen molar-refractivity contribution >= 4 is 21.4 Å². The minimum Gasteiger partial charge on any atom is -0.489 e. The Balaban J connectivity index is 1.76. The monoisotopic (exact) mass is 417 g/mol. The Morgan fingerprint density at radius 1 is 1.14 bits per heavy atom. The lowest BCUT2D eigenvalue weighted by Crippen LogP contribution is -2.26. The van der Waals surface area contributed by atoms with E-state index >= 15 is 0 Å². The second-order valence-corrected chi connectivity index (χ2v) is 9.14. The molecule has 0 spiro atoms. The molecule has 0 radical (unpaired) electrons. The number of hydrogen-bond acceptors (Lipinski definition) is 5. The van der Waals surface area contributed by atoms with Crippen molar-refractivity contribution in [1.29, 1.82) is 0 Å². The van der Waals surface area contributed by atoms with Gasteiger partial charge in [0.2, 0.25) is 0 Å². The highest BCUT2D eigenvalue weighted by molar-refractivity contribution is 7.91. The minimum absolute atomic E-state index is 0.00161. The van der Waals surface area contributed by atoms with E-state index in [1.165, 1.54) is 12.1 Å². The lowest BCUT2D eigenvalue weighted by atomic mass is 10.1. The summed E-state index contributed by atoms with van der Waals surface area (Å²) in [6.45, 7) is 2.95. The predicted octanol–water partition coefficient (Wildman–Crippen LogP) is 4.07. The van der Waals surface area contributed by atoms with Crippen LogP contribution in [0, 0.1) is 0 Å². The largest absolute Gasteiger partial charge is 0.489 e. The van der Waals surface area contributed by atoms with Crippen molar-refractivity contribution in [1.82, 2.24) is 0 Å².